The van der Waals surface area contributed by atoms with Crippen molar-refractivity contribution in [2.24, 2.45) is 0 Å². The van der Waals surface area contributed by atoms with Crippen molar-refractivity contribution in [1.29, 1.82) is 0 Å². The van der Waals surface area contributed by atoms with Crippen LogP contribution in [0.3, 0.4) is 0 Å². The van der Waals surface area contributed by atoms with Gasteiger partial charge in [-0.05, 0) is 31.9 Å². The van der Waals surface area contributed by atoms with Crippen LogP contribution in [0.4, 0.5) is 11.4 Å². The third-order valence-corrected chi connectivity index (χ3v) is 4.91. The number of methoxy groups -OCH3 is 1. The lowest BCUT2D eigenvalue weighted by Gasteiger charge is -2.16. The maximum atomic E-state index is 12.1. The smallest absolute Gasteiger partial charge is 0.225 e. The van der Waals surface area contributed by atoms with Gasteiger partial charge in [0, 0.05) is 22.7 Å². The van der Waals surface area contributed by atoms with Crippen LogP contribution in [0.5, 0.6) is 5.75 Å². The van der Waals surface area contributed by atoms with Crippen LogP contribution in [0, 0.1) is 6.92 Å². The van der Waals surface area contributed by atoms with E-state index in [4.69, 9.17) is 20.5 Å². The van der Waals surface area contributed by atoms with Crippen LogP contribution >= 0.6 is 11.6 Å². The Morgan fingerprint density at radius 3 is 2.90 bits per heavy atom. The van der Waals surface area contributed by atoms with Crippen LogP contribution in [0.15, 0.2) is 24.3 Å². The highest BCUT2D eigenvalue weighted by molar-refractivity contribution is 6.29. The van der Waals surface area contributed by atoms with E-state index in [1.807, 2.05) is 24.4 Å². The molecule has 156 valence electrons. The quantitative estimate of drug-likeness (QED) is 0.593. The number of benzene rings is 1. The number of aromatic nitrogens is 5. The third-order valence-electron chi connectivity index (χ3n) is 4.72. The first-order chi connectivity index (χ1) is 15.6. The zero-order valence-electron chi connectivity index (χ0n) is 19.4. The molecular formula is C20H22ClN7O2. The Morgan fingerprint density at radius 1 is 1.33 bits per heavy atom. The van der Waals surface area contributed by atoms with Gasteiger partial charge in [0.1, 0.15) is 5.69 Å². The number of para-hydroxylation sites is 1. The number of amides is 1. The summed E-state index contributed by atoms with van der Waals surface area (Å²) in [4.78, 5) is 13.9. The molecule has 1 fully saturated rings. The Morgan fingerprint density at radius 2 is 2.17 bits per heavy atom. The number of nitrogens with zero attached hydrogens (tertiary/aromatic N) is 5. The summed E-state index contributed by atoms with van der Waals surface area (Å²) in [5, 5.41) is 22.2. The van der Waals surface area contributed by atoms with Crippen LogP contribution in [-0.2, 0) is 11.2 Å². The molecule has 1 saturated carbocycles. The van der Waals surface area contributed by atoms with E-state index >= 15 is 0 Å². The minimum absolute atomic E-state index is 0.107. The number of anilines is 2. The van der Waals surface area contributed by atoms with E-state index in [2.05, 4.69) is 25.7 Å². The molecule has 3 aromatic rings. The minimum atomic E-state index is -2.60. The number of aryl methyl sites for hydroxylation is 1. The van der Waals surface area contributed by atoms with Crippen molar-refractivity contribution in [2.45, 2.75) is 32.2 Å². The molecule has 4 rings (SSSR count). The first-order valence-corrected chi connectivity index (χ1v) is 9.73. The Bertz CT molecular complexity index is 1190. The number of carbonyl (C=O) groups is 1. The Kier molecular flexibility index (Phi) is 4.57. The molecule has 1 aromatic carbocycles. The third kappa shape index (κ3) is 4.06. The SMILES string of the molecule is [2H]C([2H])([2H])NC(=O)Cc1nnc(Cl)cc1Nc1cccc(-c2nn(C3CC3)nc2C)c1OC. The lowest BCUT2D eigenvalue weighted by atomic mass is 10.1. The average Bonchev–Trinajstić information content (AvgIpc) is 3.50. The second-order valence-corrected chi connectivity index (χ2v) is 7.34. The molecule has 1 aliphatic rings. The average molecular weight is 431 g/mol. The van der Waals surface area contributed by atoms with Crippen LogP contribution in [0.1, 0.15) is 34.4 Å². The van der Waals surface area contributed by atoms with Gasteiger partial charge < -0.3 is 15.4 Å². The van der Waals surface area contributed by atoms with E-state index < -0.39 is 12.9 Å². The molecule has 0 aliphatic heterocycles. The van der Waals surface area contributed by atoms with Gasteiger partial charge in [0.25, 0.3) is 0 Å². The lowest BCUT2D eigenvalue weighted by molar-refractivity contribution is -0.120. The van der Waals surface area contributed by atoms with Gasteiger partial charge in [0.2, 0.25) is 5.91 Å². The topological polar surface area (TPSA) is 107 Å². The first kappa shape index (κ1) is 16.6. The number of rotatable bonds is 7. The summed E-state index contributed by atoms with van der Waals surface area (Å²) in [6, 6.07) is 7.38. The molecule has 30 heavy (non-hydrogen) atoms. The van der Waals surface area contributed by atoms with Crippen LogP contribution in [-0.4, -0.2) is 45.2 Å². The van der Waals surface area contributed by atoms with E-state index in [0.717, 1.165) is 24.1 Å². The van der Waals surface area contributed by atoms with Crippen molar-refractivity contribution in [3.63, 3.8) is 0 Å². The summed E-state index contributed by atoms with van der Waals surface area (Å²) in [7, 11) is 1.55. The molecule has 2 N–H and O–H groups in total. The highest BCUT2D eigenvalue weighted by Gasteiger charge is 2.28. The first-order valence-electron chi connectivity index (χ1n) is 10.9. The molecule has 0 unspecified atom stereocenters. The fraction of sp³-hybridized carbons (Fsp3) is 0.350. The molecule has 9 nitrogen and oxygen atoms in total. The molecule has 0 atom stereocenters. The number of ether oxygens (including phenoxy) is 1. The number of halogens is 1. The molecular weight excluding hydrogens is 406 g/mol. The predicted molar refractivity (Wildman–Crippen MR) is 113 cm³/mol. The van der Waals surface area contributed by atoms with Crippen molar-refractivity contribution < 1.29 is 13.6 Å². The zero-order valence-corrected chi connectivity index (χ0v) is 17.2. The second-order valence-electron chi connectivity index (χ2n) is 6.95. The van der Waals surface area contributed by atoms with Gasteiger partial charge in [0.05, 0.1) is 42.3 Å². The van der Waals surface area contributed by atoms with Crippen molar-refractivity contribution >= 4 is 28.9 Å². The molecule has 2 heterocycles. The maximum absolute atomic E-state index is 12.1. The van der Waals surface area contributed by atoms with Gasteiger partial charge in [-0.25, -0.2) is 0 Å². The van der Waals surface area contributed by atoms with E-state index in [0.29, 0.717) is 28.9 Å². The molecule has 2 aromatic heterocycles. The van der Waals surface area contributed by atoms with Crippen molar-refractivity contribution in [3.8, 4) is 17.0 Å². The van der Waals surface area contributed by atoms with Crippen molar-refractivity contribution in [3.05, 3.63) is 40.8 Å². The highest BCUT2D eigenvalue weighted by Crippen LogP contribution is 2.40. The molecule has 1 amide bonds. The van der Waals surface area contributed by atoms with Gasteiger partial charge in [-0.1, -0.05) is 17.7 Å². The summed E-state index contributed by atoms with van der Waals surface area (Å²) in [5.41, 5.74) is 3.45. The largest absolute Gasteiger partial charge is 0.494 e. The van der Waals surface area contributed by atoms with Gasteiger partial charge in [-0.2, -0.15) is 20.1 Å². The maximum Gasteiger partial charge on any atom is 0.225 e. The van der Waals surface area contributed by atoms with Crippen LogP contribution in [0.2, 0.25) is 5.15 Å². The molecule has 10 heteroatoms. The number of carbonyl (C=O) groups excluding carboxylic acids is 1. The van der Waals surface area contributed by atoms with E-state index in [-0.39, 0.29) is 17.3 Å². The number of hydrogen-bond acceptors (Lipinski definition) is 7. The monoisotopic (exact) mass is 430 g/mol. The van der Waals surface area contributed by atoms with Crippen LogP contribution in [0.25, 0.3) is 11.3 Å². The highest BCUT2D eigenvalue weighted by atomic mass is 35.5. The Labute approximate surface area is 183 Å². The van der Waals surface area contributed by atoms with Crippen molar-refractivity contribution in [2.75, 3.05) is 19.4 Å². The lowest BCUT2D eigenvalue weighted by Crippen LogP contribution is -2.21. The second kappa shape index (κ2) is 8.27. The van der Waals surface area contributed by atoms with E-state index in [9.17, 15) is 4.79 Å². The van der Waals surface area contributed by atoms with Crippen LogP contribution < -0.4 is 15.4 Å². The van der Waals surface area contributed by atoms with Gasteiger partial charge in [0.15, 0.2) is 10.9 Å². The van der Waals surface area contributed by atoms with Gasteiger partial charge >= 0.3 is 0 Å². The normalized spacial score (nSPS) is 15.1. The fourth-order valence-electron chi connectivity index (χ4n) is 3.13. The standard InChI is InChI=1S/C20H22ClN7O2/c1-11-19(27-28(26-11)12-7-8-12)13-5-4-6-14(20(13)30-3)23-15-9-17(21)25-24-16(15)10-18(29)22-2/h4-6,9,12H,7-8,10H2,1-3H3,(H,22,29)(H,23,25)/i2D3. The Balaban J connectivity index is 1.66. The minimum Gasteiger partial charge on any atom is -0.494 e. The molecule has 1 aliphatic carbocycles. The summed E-state index contributed by atoms with van der Waals surface area (Å²) in [5.74, 6) is -0.197. The van der Waals surface area contributed by atoms with Gasteiger partial charge in [-0.3, -0.25) is 4.79 Å². The molecule has 0 saturated heterocycles. The zero-order chi connectivity index (χ0) is 23.8. The molecule has 0 spiro atoms. The van der Waals surface area contributed by atoms with E-state index in [1.54, 1.807) is 18.0 Å². The summed E-state index contributed by atoms with van der Waals surface area (Å²) in [6.07, 6.45) is 1.84. The predicted octanol–water partition coefficient (Wildman–Crippen LogP) is 3.07. The number of nitrogens with one attached hydrogen (secondary N) is 2. The van der Waals surface area contributed by atoms with E-state index in [1.165, 1.54) is 6.07 Å². The fourth-order valence-corrected chi connectivity index (χ4v) is 3.28. The molecule has 0 radical (unpaired) electrons. The summed E-state index contributed by atoms with van der Waals surface area (Å²) in [6.45, 7) is -0.702. The number of hydrogen-bond donors (Lipinski definition) is 2. The summed E-state index contributed by atoms with van der Waals surface area (Å²) >= 11 is 6.03. The molecule has 0 bridgehead atoms. The van der Waals surface area contributed by atoms with Crippen molar-refractivity contribution in [1.82, 2.24) is 30.5 Å². The number of likely N-dealkylation sites (N-methyl/N-ethyl adjacent to an activating group) is 1. The summed E-state index contributed by atoms with van der Waals surface area (Å²) < 4.78 is 27.3. The Hall–Kier alpha value is -3.20. The van der Waals surface area contributed by atoms with Gasteiger partial charge in [-0.15, -0.1) is 5.10 Å².